The first-order valence-electron chi connectivity index (χ1n) is 3.03. The van der Waals surface area contributed by atoms with Crippen LogP contribution in [-0.2, 0) is 0 Å². The van der Waals surface area contributed by atoms with Crippen molar-refractivity contribution in [1.29, 1.82) is 0 Å². The fourth-order valence-corrected chi connectivity index (χ4v) is 0.770. The van der Waals surface area contributed by atoms with Gasteiger partial charge in [0.05, 0.1) is 0 Å². The summed E-state index contributed by atoms with van der Waals surface area (Å²) in [5.41, 5.74) is -0.197. The van der Waals surface area contributed by atoms with Gasteiger partial charge in [0.2, 0.25) is 5.78 Å². The molecule has 0 aliphatic carbocycles. The fourth-order valence-electron chi connectivity index (χ4n) is 0.661. The van der Waals surface area contributed by atoms with Crippen LogP contribution >= 0.6 is 11.6 Å². The number of ketones is 1. The molecule has 0 saturated carbocycles. The molecule has 1 rings (SSSR count). The summed E-state index contributed by atoms with van der Waals surface area (Å²) in [6, 6.07) is 2.61. The lowest BCUT2D eigenvalue weighted by molar-refractivity contribution is 0.0536. The Balaban J connectivity index is 2.94. The molecule has 1 heterocycles. The van der Waals surface area contributed by atoms with Crippen LogP contribution in [-0.4, -0.2) is 16.1 Å². The number of nitrogens with zero attached hydrogens (tertiary/aromatic N) is 1. The van der Waals surface area contributed by atoms with Crippen LogP contribution in [0, 0.1) is 0 Å². The van der Waals surface area contributed by atoms with E-state index < -0.39 is 11.2 Å². The summed E-state index contributed by atoms with van der Waals surface area (Å²) in [6.07, 6.45) is 2.42. The maximum atomic E-state index is 12.2. The fraction of sp³-hybridized carbons (Fsp3) is 0.143. The second-order valence-corrected chi connectivity index (χ2v) is 2.54. The smallest absolute Gasteiger partial charge is 0.286 e. The molecule has 0 aliphatic heterocycles. The number of alkyl halides is 3. The van der Waals surface area contributed by atoms with Crippen LogP contribution in [0.5, 0.6) is 0 Å². The van der Waals surface area contributed by atoms with Crippen molar-refractivity contribution in [2.24, 2.45) is 0 Å². The van der Waals surface area contributed by atoms with E-state index in [0.29, 0.717) is 0 Å². The molecule has 0 N–H and O–H groups in total. The number of hydrogen-bond acceptors (Lipinski definition) is 2. The molecule has 12 heavy (non-hydrogen) atoms. The van der Waals surface area contributed by atoms with Crippen molar-refractivity contribution in [2.45, 2.75) is 5.38 Å². The Morgan fingerprint density at radius 2 is 2.25 bits per heavy atom. The molecular formula is C7H4ClF2NO. The van der Waals surface area contributed by atoms with E-state index >= 15 is 0 Å². The Bertz CT molecular complexity index is 283. The van der Waals surface area contributed by atoms with Crippen LogP contribution in [0.4, 0.5) is 8.78 Å². The van der Waals surface area contributed by atoms with Gasteiger partial charge >= 0.3 is 5.38 Å². The average molecular weight is 192 g/mol. The van der Waals surface area contributed by atoms with E-state index in [1.54, 1.807) is 0 Å². The minimum Gasteiger partial charge on any atom is -0.286 e. The van der Waals surface area contributed by atoms with Gasteiger partial charge in [-0.25, -0.2) is 0 Å². The van der Waals surface area contributed by atoms with Crippen molar-refractivity contribution in [2.75, 3.05) is 0 Å². The zero-order chi connectivity index (χ0) is 9.19. The molecule has 0 spiro atoms. The van der Waals surface area contributed by atoms with Gasteiger partial charge in [0, 0.05) is 18.0 Å². The molecule has 0 bridgehead atoms. The molecule has 1 aromatic heterocycles. The van der Waals surface area contributed by atoms with Gasteiger partial charge in [-0.3, -0.25) is 9.78 Å². The molecule has 0 fully saturated rings. The monoisotopic (exact) mass is 191 g/mol. The Morgan fingerprint density at radius 1 is 1.58 bits per heavy atom. The summed E-state index contributed by atoms with van der Waals surface area (Å²) in [5.74, 6) is -1.43. The Kier molecular flexibility index (Phi) is 2.38. The van der Waals surface area contributed by atoms with E-state index in [4.69, 9.17) is 0 Å². The van der Waals surface area contributed by atoms with Crippen molar-refractivity contribution >= 4 is 17.4 Å². The summed E-state index contributed by atoms with van der Waals surface area (Å²) in [6.45, 7) is 0. The molecule has 0 amide bonds. The predicted octanol–water partition coefficient (Wildman–Crippen LogP) is 2.10. The molecule has 0 saturated heterocycles. The van der Waals surface area contributed by atoms with Gasteiger partial charge in [-0.2, -0.15) is 8.78 Å². The van der Waals surface area contributed by atoms with Crippen molar-refractivity contribution in [3.05, 3.63) is 30.1 Å². The highest BCUT2D eigenvalue weighted by molar-refractivity contribution is 6.35. The van der Waals surface area contributed by atoms with Gasteiger partial charge in [0.25, 0.3) is 0 Å². The minimum absolute atomic E-state index is 0.197. The molecule has 0 atom stereocenters. The third-order valence-electron chi connectivity index (χ3n) is 1.18. The highest BCUT2D eigenvalue weighted by Gasteiger charge is 2.36. The molecule has 5 heteroatoms. The Morgan fingerprint density at radius 3 is 2.67 bits per heavy atom. The average Bonchev–Trinajstić information content (AvgIpc) is 2.03. The maximum Gasteiger partial charge on any atom is 0.384 e. The predicted molar refractivity (Wildman–Crippen MR) is 39.4 cm³/mol. The summed E-state index contributed by atoms with van der Waals surface area (Å²) >= 11 is 4.51. The first-order valence-corrected chi connectivity index (χ1v) is 3.41. The number of hydrogen-bond donors (Lipinski definition) is 0. The topological polar surface area (TPSA) is 30.0 Å². The lowest BCUT2D eigenvalue weighted by Crippen LogP contribution is -2.21. The summed E-state index contributed by atoms with van der Waals surface area (Å²) in [7, 11) is 0. The van der Waals surface area contributed by atoms with Crippen molar-refractivity contribution in [3.8, 4) is 0 Å². The standard InChI is InChI=1S/C7H4ClF2NO/c8-7(9,10)6(12)5-2-1-3-11-4-5/h1-4H. The summed E-state index contributed by atoms with van der Waals surface area (Å²) in [4.78, 5) is 14.3. The van der Waals surface area contributed by atoms with Gasteiger partial charge in [0.15, 0.2) is 0 Å². The van der Waals surface area contributed by atoms with Gasteiger partial charge in [-0.1, -0.05) is 0 Å². The first kappa shape index (κ1) is 9.06. The van der Waals surface area contributed by atoms with E-state index in [-0.39, 0.29) is 5.56 Å². The van der Waals surface area contributed by atoms with Crippen LogP contribution in [0.3, 0.4) is 0 Å². The molecule has 0 aromatic carbocycles. The second kappa shape index (κ2) is 3.15. The lowest BCUT2D eigenvalue weighted by atomic mass is 10.2. The molecule has 64 valence electrons. The number of halogens is 3. The van der Waals surface area contributed by atoms with Gasteiger partial charge in [-0.05, 0) is 23.7 Å². The van der Waals surface area contributed by atoms with E-state index in [9.17, 15) is 13.6 Å². The first-order chi connectivity index (χ1) is 5.52. The number of rotatable bonds is 2. The molecule has 1 aromatic rings. The van der Waals surface area contributed by atoms with Gasteiger partial charge in [0.1, 0.15) is 0 Å². The van der Waals surface area contributed by atoms with Crippen LogP contribution in [0.1, 0.15) is 10.4 Å². The van der Waals surface area contributed by atoms with Crippen LogP contribution in [0.25, 0.3) is 0 Å². The van der Waals surface area contributed by atoms with Crippen LogP contribution in [0.15, 0.2) is 24.5 Å². The van der Waals surface area contributed by atoms with E-state index in [1.165, 1.54) is 18.3 Å². The third-order valence-corrected chi connectivity index (χ3v) is 1.35. The van der Waals surface area contributed by atoms with Crippen LogP contribution < -0.4 is 0 Å². The van der Waals surface area contributed by atoms with Crippen LogP contribution in [0.2, 0.25) is 0 Å². The molecule has 0 unspecified atom stereocenters. The molecule has 2 nitrogen and oxygen atoms in total. The highest BCUT2D eigenvalue weighted by Crippen LogP contribution is 2.23. The van der Waals surface area contributed by atoms with E-state index in [2.05, 4.69) is 16.6 Å². The third kappa shape index (κ3) is 1.98. The summed E-state index contributed by atoms with van der Waals surface area (Å²) in [5, 5.41) is -3.84. The molecule has 0 radical (unpaired) electrons. The highest BCUT2D eigenvalue weighted by atomic mass is 35.5. The Labute approximate surface area is 72.2 Å². The lowest BCUT2D eigenvalue weighted by Gasteiger charge is -2.04. The number of Topliss-reactive ketones (excluding diaryl/α,β-unsaturated/α-hetero) is 1. The maximum absolute atomic E-state index is 12.2. The normalized spacial score (nSPS) is 11.2. The molecular weight excluding hydrogens is 188 g/mol. The van der Waals surface area contributed by atoms with Crippen molar-refractivity contribution in [3.63, 3.8) is 0 Å². The Hall–Kier alpha value is -1.03. The quantitative estimate of drug-likeness (QED) is 0.529. The van der Waals surface area contributed by atoms with Gasteiger partial charge in [-0.15, -0.1) is 0 Å². The van der Waals surface area contributed by atoms with Crippen molar-refractivity contribution < 1.29 is 13.6 Å². The summed E-state index contributed by atoms with van der Waals surface area (Å²) < 4.78 is 24.4. The number of aromatic nitrogens is 1. The van der Waals surface area contributed by atoms with E-state index in [1.807, 2.05) is 0 Å². The number of pyridine rings is 1. The zero-order valence-electron chi connectivity index (χ0n) is 5.80. The van der Waals surface area contributed by atoms with Crippen molar-refractivity contribution in [1.82, 2.24) is 4.98 Å². The number of carbonyl (C=O) groups excluding carboxylic acids is 1. The zero-order valence-corrected chi connectivity index (χ0v) is 6.55. The minimum atomic E-state index is -3.84. The number of carbonyl (C=O) groups is 1. The SMILES string of the molecule is O=C(c1cccnc1)C(F)(F)Cl. The van der Waals surface area contributed by atoms with E-state index in [0.717, 1.165) is 6.20 Å². The molecule has 0 aliphatic rings. The second-order valence-electron chi connectivity index (χ2n) is 2.07. The van der Waals surface area contributed by atoms with Gasteiger partial charge < -0.3 is 0 Å². The largest absolute Gasteiger partial charge is 0.384 e.